The lowest BCUT2D eigenvalue weighted by Crippen LogP contribution is -2.33. The summed E-state index contributed by atoms with van der Waals surface area (Å²) in [4.78, 5) is 0. The van der Waals surface area contributed by atoms with Crippen molar-refractivity contribution in [1.82, 2.24) is 0 Å². The highest BCUT2D eigenvalue weighted by Gasteiger charge is 2.28. The first-order chi connectivity index (χ1) is 10.7. The third kappa shape index (κ3) is 4.73. The van der Waals surface area contributed by atoms with Crippen LogP contribution in [0.2, 0.25) is 0 Å². The molecule has 0 radical (unpaired) electrons. The molecule has 0 aliphatic carbocycles. The quantitative estimate of drug-likeness (QED) is 0.865. The van der Waals surface area contributed by atoms with Gasteiger partial charge in [0.15, 0.2) is 0 Å². The summed E-state index contributed by atoms with van der Waals surface area (Å²) in [6, 6.07) is 15.6. The van der Waals surface area contributed by atoms with Gasteiger partial charge in [-0.2, -0.15) is 0 Å². The maximum Gasteiger partial charge on any atom is 0.237 e. The molecule has 2 aromatic carbocycles. The Morgan fingerprint density at radius 1 is 0.870 bits per heavy atom. The fraction of sp³-hybridized carbons (Fsp3) is 0.333. The second-order valence-electron chi connectivity index (χ2n) is 6.63. The first-order valence-corrected chi connectivity index (χ1v) is 9.07. The molecule has 23 heavy (non-hydrogen) atoms. The first kappa shape index (κ1) is 17.3. The molecule has 0 fully saturated rings. The molecule has 0 saturated carbocycles. The highest BCUT2D eigenvalue weighted by atomic mass is 32.2. The van der Waals surface area contributed by atoms with Crippen molar-refractivity contribution in [1.29, 1.82) is 0 Å². The van der Waals surface area contributed by atoms with Crippen LogP contribution in [0.1, 0.15) is 31.9 Å². The monoisotopic (exact) mass is 332 g/mol. The normalized spacial score (nSPS) is 12.0. The van der Waals surface area contributed by atoms with Gasteiger partial charge in [0.25, 0.3) is 0 Å². The van der Waals surface area contributed by atoms with Crippen molar-refractivity contribution in [3.8, 4) is 0 Å². The van der Waals surface area contributed by atoms with Crippen LogP contribution in [0, 0.1) is 6.92 Å². The summed E-state index contributed by atoms with van der Waals surface area (Å²) in [5.41, 5.74) is 3.96. The molecule has 0 aromatic heterocycles. The molecule has 0 unspecified atom stereocenters. The number of nitrogens with one attached hydrogen (secondary N) is 2. The minimum atomic E-state index is -3.39. The van der Waals surface area contributed by atoms with Crippen LogP contribution in [-0.4, -0.2) is 13.2 Å². The zero-order valence-corrected chi connectivity index (χ0v) is 14.9. The van der Waals surface area contributed by atoms with Crippen LogP contribution >= 0.6 is 0 Å². The second-order valence-corrected chi connectivity index (χ2v) is 9.07. The van der Waals surface area contributed by atoms with Crippen LogP contribution in [0.3, 0.4) is 0 Å². The number of anilines is 2. The van der Waals surface area contributed by atoms with Gasteiger partial charge in [-0.1, -0.05) is 29.8 Å². The number of benzene rings is 2. The fourth-order valence-electron chi connectivity index (χ4n) is 1.87. The molecule has 0 atom stereocenters. The molecule has 2 aromatic rings. The molecular weight excluding hydrogens is 308 g/mol. The average molecular weight is 332 g/mol. The molecular formula is C18H24N2O2S. The molecule has 0 spiro atoms. The van der Waals surface area contributed by atoms with Gasteiger partial charge in [0.2, 0.25) is 10.0 Å². The molecule has 0 heterocycles. The van der Waals surface area contributed by atoms with E-state index in [0.717, 1.165) is 11.3 Å². The molecule has 5 heteroatoms. The summed E-state index contributed by atoms with van der Waals surface area (Å²) in [6.07, 6.45) is 0. The molecule has 0 amide bonds. The summed E-state index contributed by atoms with van der Waals surface area (Å²) in [5, 5.41) is 3.34. The predicted octanol–water partition coefficient (Wildman–Crippen LogP) is 4.15. The zero-order valence-electron chi connectivity index (χ0n) is 14.1. The van der Waals surface area contributed by atoms with E-state index in [1.54, 1.807) is 32.9 Å². The van der Waals surface area contributed by atoms with Gasteiger partial charge in [0.1, 0.15) is 0 Å². The summed E-state index contributed by atoms with van der Waals surface area (Å²) in [5.74, 6) is 0. The lowest BCUT2D eigenvalue weighted by atomic mass is 10.2. The minimum absolute atomic E-state index is 0.582. The molecule has 2 N–H and O–H groups in total. The lowest BCUT2D eigenvalue weighted by Gasteiger charge is -2.20. The molecule has 0 aliphatic heterocycles. The predicted molar refractivity (Wildman–Crippen MR) is 97.2 cm³/mol. The Balaban J connectivity index is 1.98. The number of hydrogen-bond donors (Lipinski definition) is 2. The van der Waals surface area contributed by atoms with Crippen LogP contribution in [0.25, 0.3) is 0 Å². The zero-order chi connectivity index (χ0) is 17.1. The molecule has 0 bridgehead atoms. The van der Waals surface area contributed by atoms with E-state index in [1.165, 1.54) is 5.56 Å². The maximum absolute atomic E-state index is 12.1. The Hall–Kier alpha value is -2.01. The average Bonchev–Trinajstić information content (AvgIpc) is 2.47. The Morgan fingerprint density at radius 3 is 1.91 bits per heavy atom. The van der Waals surface area contributed by atoms with Crippen LogP contribution in [0.4, 0.5) is 11.4 Å². The summed E-state index contributed by atoms with van der Waals surface area (Å²) in [6.45, 7) is 7.77. The number of sulfonamides is 1. The van der Waals surface area contributed by atoms with Crippen molar-refractivity contribution < 1.29 is 8.42 Å². The molecule has 0 saturated heterocycles. The standard InChI is InChI=1S/C18H24N2O2S/c1-14-5-9-16(10-6-14)19-13-15-7-11-17(12-8-15)20-23(21,22)18(2,3)4/h5-12,19-20H,13H2,1-4H3. The van der Waals surface area contributed by atoms with Crippen molar-refractivity contribution in [3.63, 3.8) is 0 Å². The van der Waals surface area contributed by atoms with Gasteiger partial charge in [-0.15, -0.1) is 0 Å². The van der Waals surface area contributed by atoms with E-state index in [0.29, 0.717) is 12.2 Å². The van der Waals surface area contributed by atoms with Crippen molar-refractivity contribution in [3.05, 3.63) is 59.7 Å². The van der Waals surface area contributed by atoms with Gasteiger partial charge in [-0.3, -0.25) is 4.72 Å². The summed E-state index contributed by atoms with van der Waals surface area (Å²) in [7, 11) is -3.39. The second kappa shape index (κ2) is 6.62. The van der Waals surface area contributed by atoms with Gasteiger partial charge < -0.3 is 5.32 Å². The van der Waals surface area contributed by atoms with E-state index in [4.69, 9.17) is 0 Å². The van der Waals surface area contributed by atoms with Gasteiger partial charge in [0.05, 0.1) is 4.75 Å². The Labute approximate surface area is 139 Å². The SMILES string of the molecule is Cc1ccc(NCc2ccc(NS(=O)(=O)C(C)(C)C)cc2)cc1. The lowest BCUT2D eigenvalue weighted by molar-refractivity contribution is 0.566. The number of aryl methyl sites for hydroxylation is 1. The highest BCUT2D eigenvalue weighted by Crippen LogP contribution is 2.20. The van der Waals surface area contributed by atoms with Crippen LogP contribution in [0.15, 0.2) is 48.5 Å². The van der Waals surface area contributed by atoms with Gasteiger partial charge in [0, 0.05) is 17.9 Å². The van der Waals surface area contributed by atoms with Crippen LogP contribution < -0.4 is 10.0 Å². The first-order valence-electron chi connectivity index (χ1n) is 7.59. The van der Waals surface area contributed by atoms with E-state index in [1.807, 2.05) is 24.3 Å². The molecule has 4 nitrogen and oxygen atoms in total. The van der Waals surface area contributed by atoms with Crippen LogP contribution in [0.5, 0.6) is 0 Å². The van der Waals surface area contributed by atoms with Gasteiger partial charge >= 0.3 is 0 Å². The van der Waals surface area contributed by atoms with Gasteiger partial charge in [-0.05, 0) is 57.5 Å². The number of rotatable bonds is 5. The van der Waals surface area contributed by atoms with Gasteiger partial charge in [-0.25, -0.2) is 8.42 Å². The molecule has 0 aliphatic rings. The van der Waals surface area contributed by atoms with E-state index >= 15 is 0 Å². The Bertz CT molecular complexity index is 743. The largest absolute Gasteiger partial charge is 0.381 e. The third-order valence-corrected chi connectivity index (χ3v) is 5.68. The Morgan fingerprint density at radius 2 is 1.39 bits per heavy atom. The van der Waals surface area contributed by atoms with E-state index in [2.05, 4.69) is 29.1 Å². The van der Waals surface area contributed by atoms with Crippen molar-refractivity contribution in [2.75, 3.05) is 10.0 Å². The van der Waals surface area contributed by atoms with E-state index < -0.39 is 14.8 Å². The third-order valence-electron chi connectivity index (χ3n) is 3.56. The van der Waals surface area contributed by atoms with E-state index in [9.17, 15) is 8.42 Å². The fourth-order valence-corrected chi connectivity index (χ4v) is 2.63. The maximum atomic E-state index is 12.1. The summed E-state index contributed by atoms with van der Waals surface area (Å²) < 4.78 is 26.0. The Kier molecular flexibility index (Phi) is 5.00. The minimum Gasteiger partial charge on any atom is -0.381 e. The van der Waals surface area contributed by atoms with E-state index in [-0.39, 0.29) is 0 Å². The highest BCUT2D eigenvalue weighted by molar-refractivity contribution is 7.94. The molecule has 2 rings (SSSR count). The van der Waals surface area contributed by atoms with Crippen molar-refractivity contribution in [2.45, 2.75) is 39.0 Å². The van der Waals surface area contributed by atoms with Crippen LogP contribution in [-0.2, 0) is 16.6 Å². The smallest absolute Gasteiger partial charge is 0.237 e. The topological polar surface area (TPSA) is 58.2 Å². The number of hydrogen-bond acceptors (Lipinski definition) is 3. The van der Waals surface area contributed by atoms with Crippen molar-refractivity contribution in [2.24, 2.45) is 0 Å². The van der Waals surface area contributed by atoms with Crippen molar-refractivity contribution >= 4 is 21.4 Å². The molecule has 124 valence electrons. The summed E-state index contributed by atoms with van der Waals surface area (Å²) >= 11 is 0.